The van der Waals surface area contributed by atoms with Crippen molar-refractivity contribution in [2.24, 2.45) is 0 Å². The first-order valence-electron chi connectivity index (χ1n) is 5.31. The number of hydrogen-bond acceptors (Lipinski definition) is 3. The van der Waals surface area contributed by atoms with Gasteiger partial charge in [0.25, 0.3) is 0 Å². The van der Waals surface area contributed by atoms with E-state index in [0.717, 1.165) is 24.3 Å². The highest BCUT2D eigenvalue weighted by Gasteiger charge is 2.30. The van der Waals surface area contributed by atoms with E-state index in [1.165, 1.54) is 0 Å². The number of sulfone groups is 1. The first-order chi connectivity index (χ1) is 8.77. The van der Waals surface area contributed by atoms with Gasteiger partial charge < -0.3 is 4.74 Å². The van der Waals surface area contributed by atoms with Crippen LogP contribution in [0.4, 0.5) is 13.2 Å². The molecule has 1 aromatic carbocycles. The molecule has 8 heteroatoms. The Morgan fingerprint density at radius 1 is 1.11 bits per heavy atom. The number of hydrogen-bond donors (Lipinski definition) is 0. The van der Waals surface area contributed by atoms with Crippen molar-refractivity contribution in [1.82, 2.24) is 0 Å². The Bertz CT molecular complexity index is 497. The second-order valence-corrected chi connectivity index (χ2v) is 6.13. The molecule has 0 heterocycles. The third kappa shape index (κ3) is 5.00. The first-order valence-corrected chi connectivity index (χ1v) is 7.50. The van der Waals surface area contributed by atoms with Crippen molar-refractivity contribution in [1.29, 1.82) is 0 Å². The lowest BCUT2D eigenvalue weighted by Crippen LogP contribution is -2.14. The van der Waals surface area contributed by atoms with Crippen molar-refractivity contribution in [2.75, 3.05) is 24.8 Å². The molecule has 0 aliphatic carbocycles. The van der Waals surface area contributed by atoms with E-state index >= 15 is 0 Å². The Balaban J connectivity index is 2.74. The van der Waals surface area contributed by atoms with E-state index < -0.39 is 21.6 Å². The van der Waals surface area contributed by atoms with Crippen LogP contribution in [0.5, 0.6) is 0 Å². The molecule has 1 rings (SSSR count). The van der Waals surface area contributed by atoms with Gasteiger partial charge in [-0.3, -0.25) is 0 Å². The van der Waals surface area contributed by atoms with Crippen molar-refractivity contribution < 1.29 is 26.3 Å². The molecule has 0 spiro atoms. The van der Waals surface area contributed by atoms with Gasteiger partial charge in [0.1, 0.15) is 0 Å². The molecule has 0 saturated heterocycles. The van der Waals surface area contributed by atoms with Crippen molar-refractivity contribution in [3.8, 4) is 0 Å². The van der Waals surface area contributed by atoms with Gasteiger partial charge in [0, 0.05) is 5.88 Å². The second-order valence-electron chi connectivity index (χ2n) is 3.64. The Kier molecular flexibility index (Phi) is 5.64. The number of rotatable bonds is 6. The van der Waals surface area contributed by atoms with E-state index in [2.05, 4.69) is 0 Å². The molecule has 0 aromatic heterocycles. The highest BCUT2D eigenvalue weighted by molar-refractivity contribution is 7.91. The average molecular weight is 317 g/mol. The van der Waals surface area contributed by atoms with Crippen LogP contribution in [0.2, 0.25) is 0 Å². The van der Waals surface area contributed by atoms with E-state index in [1.54, 1.807) is 0 Å². The van der Waals surface area contributed by atoms with Gasteiger partial charge in [-0.15, -0.1) is 11.6 Å². The molecule has 0 N–H and O–H groups in total. The summed E-state index contributed by atoms with van der Waals surface area (Å²) in [5.41, 5.74) is -0.884. The molecular formula is C11H12ClF3O3S. The number of alkyl halides is 4. The maximum Gasteiger partial charge on any atom is 0.416 e. The molecule has 0 atom stereocenters. The summed E-state index contributed by atoms with van der Waals surface area (Å²) in [5.74, 6) is -0.0461. The summed E-state index contributed by atoms with van der Waals surface area (Å²) in [6.45, 7) is 0.181. The van der Waals surface area contributed by atoms with E-state index in [0.29, 0.717) is 0 Å². The van der Waals surface area contributed by atoms with E-state index in [9.17, 15) is 21.6 Å². The van der Waals surface area contributed by atoms with Gasteiger partial charge in [-0.25, -0.2) is 8.42 Å². The molecule has 0 saturated carbocycles. The van der Waals surface area contributed by atoms with E-state index in [4.69, 9.17) is 16.3 Å². The van der Waals surface area contributed by atoms with Gasteiger partial charge in [-0.1, -0.05) is 0 Å². The number of benzene rings is 1. The Labute approximate surface area is 114 Å². The summed E-state index contributed by atoms with van der Waals surface area (Å²) in [7, 11) is -3.64. The van der Waals surface area contributed by atoms with Crippen LogP contribution in [0.1, 0.15) is 5.56 Å². The van der Waals surface area contributed by atoms with Gasteiger partial charge in [0.2, 0.25) is 0 Å². The van der Waals surface area contributed by atoms with Gasteiger partial charge in [0.15, 0.2) is 9.84 Å². The zero-order valence-electron chi connectivity index (χ0n) is 9.78. The molecule has 108 valence electrons. The predicted molar refractivity (Wildman–Crippen MR) is 65.0 cm³/mol. The second kappa shape index (κ2) is 6.58. The van der Waals surface area contributed by atoms with Crippen LogP contribution in [-0.4, -0.2) is 33.3 Å². The maximum atomic E-state index is 12.3. The zero-order valence-corrected chi connectivity index (χ0v) is 11.4. The van der Waals surface area contributed by atoms with Gasteiger partial charge in [-0.05, 0) is 24.3 Å². The highest BCUT2D eigenvalue weighted by atomic mass is 35.5. The smallest absolute Gasteiger partial charge is 0.379 e. The minimum absolute atomic E-state index is 0.0456. The van der Waals surface area contributed by atoms with Crippen molar-refractivity contribution in [3.05, 3.63) is 29.8 Å². The molecule has 0 unspecified atom stereocenters. The molecule has 0 aliphatic heterocycles. The van der Waals surface area contributed by atoms with Gasteiger partial charge >= 0.3 is 6.18 Å². The SMILES string of the molecule is O=S(=O)(CCOCCCl)c1ccc(C(F)(F)F)cc1. The summed E-state index contributed by atoms with van der Waals surface area (Å²) in [5, 5.41) is 0. The fourth-order valence-electron chi connectivity index (χ4n) is 1.29. The van der Waals surface area contributed by atoms with Crippen molar-refractivity contribution in [2.45, 2.75) is 11.1 Å². The number of ether oxygens (including phenoxy) is 1. The summed E-state index contributed by atoms with van der Waals surface area (Å²) < 4.78 is 65.4. The molecule has 0 radical (unpaired) electrons. The Morgan fingerprint density at radius 3 is 2.16 bits per heavy atom. The molecule has 3 nitrogen and oxygen atoms in total. The highest BCUT2D eigenvalue weighted by Crippen LogP contribution is 2.29. The summed E-state index contributed by atoms with van der Waals surface area (Å²) >= 11 is 5.35. The summed E-state index contributed by atoms with van der Waals surface area (Å²) in [6, 6.07) is 3.37. The molecule has 0 bridgehead atoms. The van der Waals surface area contributed by atoms with Crippen LogP contribution >= 0.6 is 11.6 Å². The third-order valence-electron chi connectivity index (χ3n) is 2.26. The van der Waals surface area contributed by atoms with Crippen molar-refractivity contribution in [3.63, 3.8) is 0 Å². The lowest BCUT2D eigenvalue weighted by atomic mass is 10.2. The third-order valence-corrected chi connectivity index (χ3v) is 4.11. The fourth-order valence-corrected chi connectivity index (χ4v) is 2.53. The first kappa shape index (κ1) is 16.3. The standard InChI is InChI=1S/C11H12ClF3O3S/c12-5-6-18-7-8-19(16,17)10-3-1-9(2-4-10)11(13,14)15/h1-4H,5-8H2. The van der Waals surface area contributed by atoms with Gasteiger partial charge in [0.05, 0.1) is 29.4 Å². The predicted octanol–water partition coefficient (Wildman–Crippen LogP) is 2.73. The Hall–Kier alpha value is -0.790. The topological polar surface area (TPSA) is 43.4 Å². The molecular weight excluding hydrogens is 305 g/mol. The average Bonchev–Trinajstić information content (AvgIpc) is 2.34. The van der Waals surface area contributed by atoms with Crippen LogP contribution in [-0.2, 0) is 20.8 Å². The normalized spacial score (nSPS) is 12.6. The lowest BCUT2D eigenvalue weighted by Gasteiger charge is -2.08. The number of halogens is 4. The summed E-state index contributed by atoms with van der Waals surface area (Å²) in [4.78, 5) is -0.157. The summed E-state index contributed by atoms with van der Waals surface area (Å²) in [6.07, 6.45) is -4.48. The quantitative estimate of drug-likeness (QED) is 0.599. The van der Waals surface area contributed by atoms with E-state index in [-0.39, 0.29) is 29.7 Å². The van der Waals surface area contributed by atoms with Crippen LogP contribution in [0.25, 0.3) is 0 Å². The zero-order chi connectivity index (χ0) is 14.5. The van der Waals surface area contributed by atoms with Gasteiger partial charge in [-0.2, -0.15) is 13.2 Å². The van der Waals surface area contributed by atoms with Crippen molar-refractivity contribution >= 4 is 21.4 Å². The molecule has 1 aromatic rings. The van der Waals surface area contributed by atoms with Crippen LogP contribution in [0, 0.1) is 0 Å². The maximum absolute atomic E-state index is 12.3. The lowest BCUT2D eigenvalue weighted by molar-refractivity contribution is -0.137. The molecule has 0 fully saturated rings. The van der Waals surface area contributed by atoms with Crippen LogP contribution < -0.4 is 0 Å². The van der Waals surface area contributed by atoms with Crippen LogP contribution in [0.3, 0.4) is 0 Å². The van der Waals surface area contributed by atoms with Crippen LogP contribution in [0.15, 0.2) is 29.2 Å². The molecule has 19 heavy (non-hydrogen) atoms. The monoisotopic (exact) mass is 316 g/mol. The van der Waals surface area contributed by atoms with E-state index in [1.807, 2.05) is 0 Å². The minimum atomic E-state index is -4.48. The fraction of sp³-hybridized carbons (Fsp3) is 0.455. The molecule has 0 aliphatic rings. The molecule has 0 amide bonds. The Morgan fingerprint density at radius 2 is 1.68 bits per heavy atom. The largest absolute Gasteiger partial charge is 0.416 e. The minimum Gasteiger partial charge on any atom is -0.379 e.